The number of hydrogen-bond donors (Lipinski definition) is 0. The molecule has 0 fully saturated rings. The molecular weight excluding hydrogens is 605 g/mol. The van der Waals surface area contributed by atoms with E-state index in [9.17, 15) is 0 Å². The maximum Gasteiger partial charge on any atom is 0.0547 e. The van der Waals surface area contributed by atoms with Crippen LogP contribution in [0.1, 0.15) is 0 Å². The van der Waals surface area contributed by atoms with Crippen LogP contribution in [0.15, 0.2) is 206 Å². The minimum Gasteiger partial charge on any atom is -0.311 e. The fourth-order valence-electron chi connectivity index (χ4n) is 7.23. The monoisotopic (exact) mass is 638 g/mol. The van der Waals surface area contributed by atoms with Crippen molar-refractivity contribution >= 4 is 38.9 Å². The first-order valence-electron chi connectivity index (χ1n) is 17.1. The fourth-order valence-corrected chi connectivity index (χ4v) is 7.23. The van der Waals surface area contributed by atoms with Crippen molar-refractivity contribution in [2.75, 3.05) is 4.90 Å². The molecule has 236 valence electrons. The smallest absolute Gasteiger partial charge is 0.0547 e. The fraction of sp³-hybridized carbons (Fsp3) is 0. The lowest BCUT2D eigenvalue weighted by Gasteiger charge is -2.25. The summed E-state index contributed by atoms with van der Waals surface area (Å²) >= 11 is 0. The summed E-state index contributed by atoms with van der Waals surface area (Å²) in [5.41, 5.74) is 14.1. The van der Waals surface area contributed by atoms with Gasteiger partial charge in [-0.2, -0.15) is 0 Å². The third-order valence-corrected chi connectivity index (χ3v) is 9.59. The van der Waals surface area contributed by atoms with Crippen molar-refractivity contribution in [3.63, 3.8) is 0 Å². The number of benzene rings is 8. The van der Waals surface area contributed by atoms with E-state index < -0.39 is 0 Å². The Morgan fingerprint density at radius 1 is 0.300 bits per heavy atom. The molecule has 0 unspecified atom stereocenters. The summed E-state index contributed by atoms with van der Waals surface area (Å²) in [4.78, 5) is 2.31. The third kappa shape index (κ3) is 5.34. The van der Waals surface area contributed by atoms with E-state index in [1.807, 2.05) is 0 Å². The average molecular weight is 639 g/mol. The summed E-state index contributed by atoms with van der Waals surface area (Å²) in [6.45, 7) is 0. The van der Waals surface area contributed by atoms with Gasteiger partial charge in [-0.1, -0.05) is 140 Å². The van der Waals surface area contributed by atoms with Crippen molar-refractivity contribution < 1.29 is 0 Å². The van der Waals surface area contributed by atoms with Gasteiger partial charge in [-0.15, -0.1) is 0 Å². The van der Waals surface area contributed by atoms with Gasteiger partial charge in [0.05, 0.1) is 11.0 Å². The van der Waals surface area contributed by atoms with Crippen LogP contribution in [-0.4, -0.2) is 4.57 Å². The molecule has 1 heterocycles. The van der Waals surface area contributed by atoms with Crippen LogP contribution >= 0.6 is 0 Å². The second-order valence-electron chi connectivity index (χ2n) is 12.6. The number of fused-ring (bicyclic) bond motifs is 3. The number of anilines is 3. The van der Waals surface area contributed by atoms with E-state index in [0.29, 0.717) is 0 Å². The van der Waals surface area contributed by atoms with Crippen LogP contribution in [0.5, 0.6) is 0 Å². The van der Waals surface area contributed by atoms with Gasteiger partial charge in [0, 0.05) is 33.5 Å². The molecule has 2 heteroatoms. The standard InChI is InChI=1S/C48H34N2/c1-5-15-35(16-6-1)37-27-31-43(36-25-29-42(30-26-36)49(39-17-7-2-8-18-39)40-19-9-3-10-20-40)46(33-37)38-28-32-45-44-23-13-14-24-47(44)50(48(45)34-38)41-21-11-4-12-22-41/h1-34H. The van der Waals surface area contributed by atoms with E-state index >= 15 is 0 Å². The highest BCUT2D eigenvalue weighted by Crippen LogP contribution is 2.41. The number of hydrogen-bond acceptors (Lipinski definition) is 1. The molecule has 0 aliphatic carbocycles. The van der Waals surface area contributed by atoms with Gasteiger partial charge in [-0.3, -0.25) is 0 Å². The van der Waals surface area contributed by atoms with Gasteiger partial charge in [-0.25, -0.2) is 0 Å². The normalized spacial score (nSPS) is 11.2. The summed E-state index contributed by atoms with van der Waals surface area (Å²) in [6.07, 6.45) is 0. The Morgan fingerprint density at radius 2 is 0.820 bits per heavy atom. The molecule has 50 heavy (non-hydrogen) atoms. The molecule has 0 saturated heterocycles. The number of rotatable bonds is 7. The zero-order valence-corrected chi connectivity index (χ0v) is 27.5. The molecule has 0 N–H and O–H groups in total. The van der Waals surface area contributed by atoms with E-state index in [2.05, 4.69) is 216 Å². The van der Waals surface area contributed by atoms with E-state index in [-0.39, 0.29) is 0 Å². The highest BCUT2D eigenvalue weighted by Gasteiger charge is 2.17. The minimum atomic E-state index is 1.11. The van der Waals surface area contributed by atoms with Gasteiger partial charge >= 0.3 is 0 Å². The van der Waals surface area contributed by atoms with Crippen molar-refractivity contribution in [1.29, 1.82) is 0 Å². The molecular formula is C48H34N2. The average Bonchev–Trinajstić information content (AvgIpc) is 3.53. The van der Waals surface area contributed by atoms with Gasteiger partial charge in [0.15, 0.2) is 0 Å². The maximum atomic E-state index is 2.39. The van der Waals surface area contributed by atoms with Crippen LogP contribution in [0.25, 0.3) is 60.9 Å². The van der Waals surface area contributed by atoms with Gasteiger partial charge in [0.1, 0.15) is 0 Å². The number of nitrogens with zero attached hydrogens (tertiary/aromatic N) is 2. The van der Waals surface area contributed by atoms with Crippen molar-refractivity contribution in [2.45, 2.75) is 0 Å². The first kappa shape index (κ1) is 29.5. The summed E-state index contributed by atoms with van der Waals surface area (Å²) < 4.78 is 2.39. The molecule has 0 aliphatic rings. The maximum absolute atomic E-state index is 2.39. The number of aromatic nitrogens is 1. The predicted octanol–water partition coefficient (Wildman–Crippen LogP) is 13.3. The molecule has 0 spiro atoms. The van der Waals surface area contributed by atoms with E-state index in [1.165, 1.54) is 55.2 Å². The van der Waals surface area contributed by atoms with Crippen LogP contribution in [0.4, 0.5) is 17.1 Å². The Hall–Kier alpha value is -6.64. The molecule has 8 aromatic carbocycles. The van der Waals surface area contributed by atoms with Crippen LogP contribution in [-0.2, 0) is 0 Å². The Bertz CT molecular complexity index is 2510. The van der Waals surface area contributed by atoms with Gasteiger partial charge < -0.3 is 9.47 Å². The third-order valence-electron chi connectivity index (χ3n) is 9.59. The Morgan fingerprint density at radius 3 is 1.50 bits per heavy atom. The van der Waals surface area contributed by atoms with E-state index in [1.54, 1.807) is 0 Å². The van der Waals surface area contributed by atoms with Gasteiger partial charge in [-0.05, 0) is 100 Å². The Balaban J connectivity index is 1.21. The van der Waals surface area contributed by atoms with Gasteiger partial charge in [0.2, 0.25) is 0 Å². The lowest BCUT2D eigenvalue weighted by molar-refractivity contribution is 1.18. The molecule has 2 nitrogen and oxygen atoms in total. The highest BCUT2D eigenvalue weighted by atomic mass is 15.1. The quantitative estimate of drug-likeness (QED) is 0.169. The van der Waals surface area contributed by atoms with Crippen LogP contribution < -0.4 is 4.90 Å². The first-order valence-corrected chi connectivity index (χ1v) is 17.1. The zero-order chi connectivity index (χ0) is 33.3. The molecule has 1 aromatic heterocycles. The number of para-hydroxylation sites is 4. The Kier molecular flexibility index (Phi) is 7.53. The molecule has 0 amide bonds. The van der Waals surface area contributed by atoms with Crippen molar-refractivity contribution in [3.8, 4) is 39.1 Å². The van der Waals surface area contributed by atoms with Crippen molar-refractivity contribution in [3.05, 3.63) is 206 Å². The van der Waals surface area contributed by atoms with Gasteiger partial charge in [0.25, 0.3) is 0 Å². The second kappa shape index (κ2) is 12.8. The second-order valence-corrected chi connectivity index (χ2v) is 12.6. The topological polar surface area (TPSA) is 8.17 Å². The summed E-state index contributed by atoms with van der Waals surface area (Å²) in [5.74, 6) is 0. The molecule has 0 saturated carbocycles. The molecule has 0 atom stereocenters. The van der Waals surface area contributed by atoms with Crippen LogP contribution in [0, 0.1) is 0 Å². The van der Waals surface area contributed by atoms with Crippen LogP contribution in [0.3, 0.4) is 0 Å². The van der Waals surface area contributed by atoms with E-state index in [0.717, 1.165) is 22.7 Å². The highest BCUT2D eigenvalue weighted by molar-refractivity contribution is 6.10. The SMILES string of the molecule is c1ccc(-c2ccc(-c3ccc(N(c4ccccc4)c4ccccc4)cc3)c(-c3ccc4c5ccccc5n(-c5ccccc5)c4c3)c2)cc1. The predicted molar refractivity (Wildman–Crippen MR) is 212 cm³/mol. The first-order chi connectivity index (χ1) is 24.8. The van der Waals surface area contributed by atoms with E-state index in [4.69, 9.17) is 0 Å². The van der Waals surface area contributed by atoms with Crippen molar-refractivity contribution in [2.24, 2.45) is 0 Å². The summed E-state index contributed by atoms with van der Waals surface area (Å²) in [6, 6.07) is 74.0. The largest absolute Gasteiger partial charge is 0.311 e. The molecule has 0 aliphatic heterocycles. The van der Waals surface area contributed by atoms with Crippen molar-refractivity contribution in [1.82, 2.24) is 4.57 Å². The lowest BCUT2D eigenvalue weighted by atomic mass is 9.90. The molecule has 9 aromatic rings. The summed E-state index contributed by atoms with van der Waals surface area (Å²) in [7, 11) is 0. The lowest BCUT2D eigenvalue weighted by Crippen LogP contribution is -2.09. The Labute approximate surface area is 292 Å². The molecule has 0 radical (unpaired) electrons. The molecule has 0 bridgehead atoms. The summed E-state index contributed by atoms with van der Waals surface area (Å²) in [5, 5.41) is 2.51. The minimum absolute atomic E-state index is 1.11. The zero-order valence-electron chi connectivity index (χ0n) is 27.5. The molecule has 9 rings (SSSR count). The van der Waals surface area contributed by atoms with Crippen LogP contribution in [0.2, 0.25) is 0 Å².